The Morgan fingerprint density at radius 3 is 2.20 bits per heavy atom. The highest BCUT2D eigenvalue weighted by molar-refractivity contribution is 5.81. The summed E-state index contributed by atoms with van der Waals surface area (Å²) < 4.78 is 0. The Labute approximate surface area is 87.3 Å². The number of hydrogen-bond acceptors (Lipinski definition) is 5. The van der Waals surface area contributed by atoms with Gasteiger partial charge < -0.3 is 5.11 Å². The minimum absolute atomic E-state index is 0.131. The Hall–Kier alpha value is -1.10. The van der Waals surface area contributed by atoms with Crippen molar-refractivity contribution < 1.29 is 24.5 Å². The zero-order valence-electron chi connectivity index (χ0n) is 8.40. The van der Waals surface area contributed by atoms with E-state index in [1.54, 1.807) is 0 Å². The minimum atomic E-state index is -1.42. The van der Waals surface area contributed by atoms with Gasteiger partial charge in [-0.15, -0.1) is 0 Å². The molecule has 0 unspecified atom stereocenters. The molecule has 2 rings (SSSR count). The summed E-state index contributed by atoms with van der Waals surface area (Å²) in [5.41, 5.74) is -1.42. The normalized spacial score (nSPS) is 23.5. The average Bonchev–Trinajstić information content (AvgIpc) is 2.07. The lowest BCUT2D eigenvalue weighted by molar-refractivity contribution is -0.278. The molecule has 2 aliphatic carbocycles. The van der Waals surface area contributed by atoms with E-state index in [1.807, 2.05) is 0 Å². The first-order valence-corrected chi connectivity index (χ1v) is 5.27. The first kappa shape index (κ1) is 10.4. The van der Waals surface area contributed by atoms with Gasteiger partial charge in [0.1, 0.15) is 0 Å². The molecule has 0 aromatic carbocycles. The van der Waals surface area contributed by atoms with E-state index < -0.39 is 17.5 Å². The number of rotatable bonds is 2. The fourth-order valence-corrected chi connectivity index (χ4v) is 1.58. The van der Waals surface area contributed by atoms with Crippen LogP contribution in [0.15, 0.2) is 0 Å². The van der Waals surface area contributed by atoms with Gasteiger partial charge in [0.2, 0.25) is 0 Å². The molecule has 2 fully saturated rings. The molecule has 1 N–H and O–H groups in total. The Balaban J connectivity index is 1.72. The number of carbonyl (C=O) groups is 2. The lowest BCUT2D eigenvalue weighted by Gasteiger charge is -2.32. The fraction of sp³-hybridized carbons (Fsp3) is 0.800. The summed E-state index contributed by atoms with van der Waals surface area (Å²) in [7, 11) is 0. The molecular weight excluding hydrogens is 200 g/mol. The van der Waals surface area contributed by atoms with Crippen molar-refractivity contribution in [2.24, 2.45) is 5.92 Å². The molecule has 0 amide bonds. The summed E-state index contributed by atoms with van der Waals surface area (Å²) in [4.78, 5) is 31.1. The molecule has 2 aliphatic rings. The Bertz CT molecular complexity index is 278. The Kier molecular flexibility index (Phi) is 2.65. The van der Waals surface area contributed by atoms with E-state index in [0.29, 0.717) is 12.8 Å². The summed E-state index contributed by atoms with van der Waals surface area (Å²) in [6.45, 7) is 0. The van der Waals surface area contributed by atoms with Crippen LogP contribution in [0.5, 0.6) is 0 Å². The third-order valence-corrected chi connectivity index (χ3v) is 3.20. The molecule has 2 saturated carbocycles. The second-order valence-electron chi connectivity index (χ2n) is 4.29. The van der Waals surface area contributed by atoms with Crippen LogP contribution < -0.4 is 0 Å². The van der Waals surface area contributed by atoms with Crippen molar-refractivity contribution >= 4 is 11.9 Å². The SMILES string of the molecule is O=C(OOC(=O)C1(O)CCC1)C1CCC1. The average molecular weight is 214 g/mol. The molecule has 0 radical (unpaired) electrons. The Morgan fingerprint density at radius 2 is 1.80 bits per heavy atom. The molecule has 0 bridgehead atoms. The summed E-state index contributed by atoms with van der Waals surface area (Å²) >= 11 is 0. The van der Waals surface area contributed by atoms with Crippen LogP contribution in [0.1, 0.15) is 38.5 Å². The van der Waals surface area contributed by atoms with Gasteiger partial charge in [0.25, 0.3) is 0 Å². The molecule has 0 saturated heterocycles. The van der Waals surface area contributed by atoms with Gasteiger partial charge in [0.05, 0.1) is 5.92 Å². The van der Waals surface area contributed by atoms with Gasteiger partial charge in [-0.3, -0.25) is 0 Å². The Morgan fingerprint density at radius 1 is 1.13 bits per heavy atom. The monoisotopic (exact) mass is 214 g/mol. The van der Waals surface area contributed by atoms with Crippen molar-refractivity contribution in [3.05, 3.63) is 0 Å². The molecule has 5 nitrogen and oxygen atoms in total. The molecule has 0 aliphatic heterocycles. The summed E-state index contributed by atoms with van der Waals surface area (Å²) in [6, 6.07) is 0. The molecule has 0 atom stereocenters. The summed E-state index contributed by atoms with van der Waals surface area (Å²) in [6.07, 6.45) is 4.15. The highest BCUT2D eigenvalue weighted by Crippen LogP contribution is 2.33. The quantitative estimate of drug-likeness (QED) is 0.541. The van der Waals surface area contributed by atoms with Crippen molar-refractivity contribution in [3.8, 4) is 0 Å². The molecule has 0 aromatic rings. The van der Waals surface area contributed by atoms with Gasteiger partial charge >= 0.3 is 11.9 Å². The van der Waals surface area contributed by atoms with Crippen LogP contribution in [-0.2, 0) is 19.4 Å². The first-order chi connectivity index (χ1) is 7.12. The minimum Gasteiger partial charge on any atom is -0.378 e. The molecule has 0 aromatic heterocycles. The lowest BCUT2D eigenvalue weighted by atomic mass is 9.80. The van der Waals surface area contributed by atoms with Crippen LogP contribution in [0.2, 0.25) is 0 Å². The van der Waals surface area contributed by atoms with Crippen molar-refractivity contribution in [3.63, 3.8) is 0 Å². The van der Waals surface area contributed by atoms with Gasteiger partial charge in [-0.1, -0.05) is 6.42 Å². The van der Waals surface area contributed by atoms with Crippen molar-refractivity contribution in [2.75, 3.05) is 0 Å². The molecule has 5 heteroatoms. The van der Waals surface area contributed by atoms with Crippen LogP contribution in [-0.4, -0.2) is 22.6 Å². The molecular formula is C10H14O5. The van der Waals surface area contributed by atoms with Gasteiger partial charge in [0, 0.05) is 0 Å². The van der Waals surface area contributed by atoms with E-state index in [1.165, 1.54) is 0 Å². The fourth-order valence-electron chi connectivity index (χ4n) is 1.58. The van der Waals surface area contributed by atoms with E-state index in [2.05, 4.69) is 9.78 Å². The summed E-state index contributed by atoms with van der Waals surface area (Å²) in [5, 5.41) is 9.54. The lowest BCUT2D eigenvalue weighted by Crippen LogP contribution is -2.46. The second-order valence-corrected chi connectivity index (χ2v) is 4.29. The third-order valence-electron chi connectivity index (χ3n) is 3.20. The molecule has 15 heavy (non-hydrogen) atoms. The van der Waals surface area contributed by atoms with E-state index in [0.717, 1.165) is 25.7 Å². The largest absolute Gasteiger partial charge is 0.386 e. The van der Waals surface area contributed by atoms with E-state index >= 15 is 0 Å². The van der Waals surface area contributed by atoms with Crippen molar-refractivity contribution in [1.82, 2.24) is 0 Å². The highest BCUT2D eigenvalue weighted by Gasteiger charge is 2.45. The van der Waals surface area contributed by atoms with Crippen LogP contribution in [0, 0.1) is 5.92 Å². The number of carbonyl (C=O) groups excluding carboxylic acids is 2. The highest BCUT2D eigenvalue weighted by atomic mass is 17.2. The van der Waals surface area contributed by atoms with Gasteiger partial charge in [-0.2, -0.15) is 0 Å². The summed E-state index contributed by atoms with van der Waals surface area (Å²) in [5.74, 6) is -1.48. The van der Waals surface area contributed by atoms with Crippen molar-refractivity contribution in [2.45, 2.75) is 44.1 Å². The van der Waals surface area contributed by atoms with Crippen molar-refractivity contribution in [1.29, 1.82) is 0 Å². The van der Waals surface area contributed by atoms with Gasteiger partial charge in [-0.25, -0.2) is 19.4 Å². The zero-order valence-corrected chi connectivity index (χ0v) is 8.40. The standard InChI is InChI=1S/C10H14O5/c11-8(7-3-1-4-7)14-15-9(12)10(13)5-2-6-10/h7,13H,1-6H2. The maximum Gasteiger partial charge on any atom is 0.386 e. The van der Waals surface area contributed by atoms with E-state index in [-0.39, 0.29) is 5.92 Å². The van der Waals surface area contributed by atoms with Gasteiger partial charge in [-0.05, 0) is 32.1 Å². The smallest absolute Gasteiger partial charge is 0.378 e. The molecule has 0 heterocycles. The predicted molar refractivity (Wildman–Crippen MR) is 48.3 cm³/mol. The van der Waals surface area contributed by atoms with E-state index in [9.17, 15) is 14.7 Å². The van der Waals surface area contributed by atoms with Gasteiger partial charge in [0.15, 0.2) is 5.60 Å². The maximum absolute atomic E-state index is 11.2. The zero-order chi connectivity index (χ0) is 10.9. The number of aliphatic hydroxyl groups is 1. The molecule has 84 valence electrons. The van der Waals surface area contributed by atoms with Crippen LogP contribution in [0.25, 0.3) is 0 Å². The van der Waals surface area contributed by atoms with Crippen LogP contribution >= 0.6 is 0 Å². The first-order valence-electron chi connectivity index (χ1n) is 5.27. The second kappa shape index (κ2) is 3.81. The topological polar surface area (TPSA) is 72.8 Å². The van der Waals surface area contributed by atoms with Crippen LogP contribution in [0.3, 0.4) is 0 Å². The van der Waals surface area contributed by atoms with Crippen LogP contribution in [0.4, 0.5) is 0 Å². The van der Waals surface area contributed by atoms with E-state index in [4.69, 9.17) is 0 Å². The third kappa shape index (κ3) is 1.97. The number of hydrogen-bond donors (Lipinski definition) is 1. The maximum atomic E-state index is 11.2. The predicted octanol–water partition coefficient (Wildman–Crippen LogP) is 0.703. The molecule has 0 spiro atoms.